The summed E-state index contributed by atoms with van der Waals surface area (Å²) in [7, 11) is 0. The van der Waals surface area contributed by atoms with Gasteiger partial charge < -0.3 is 10.5 Å². The van der Waals surface area contributed by atoms with Crippen molar-refractivity contribution < 1.29 is 4.74 Å². The Morgan fingerprint density at radius 2 is 1.84 bits per heavy atom. The fourth-order valence-corrected chi connectivity index (χ4v) is 1.99. The van der Waals surface area contributed by atoms with Gasteiger partial charge >= 0.3 is 0 Å². The highest BCUT2D eigenvalue weighted by Gasteiger charge is 2.06. The Labute approximate surface area is 123 Å². The van der Waals surface area contributed by atoms with Crippen molar-refractivity contribution in [2.24, 2.45) is 5.73 Å². The van der Waals surface area contributed by atoms with Crippen molar-refractivity contribution in [3.8, 4) is 11.5 Å². The van der Waals surface area contributed by atoms with Gasteiger partial charge in [0, 0.05) is 5.56 Å². The van der Waals surface area contributed by atoms with Gasteiger partial charge in [-0.25, -0.2) is 0 Å². The number of rotatable bonds is 3. The summed E-state index contributed by atoms with van der Waals surface area (Å²) in [5.74, 6) is 1.35. The molecule has 0 amide bonds. The second-order valence-corrected chi connectivity index (χ2v) is 5.20. The van der Waals surface area contributed by atoms with Crippen LogP contribution in [-0.2, 0) is 0 Å². The molecule has 0 unspecified atom stereocenters. The Kier molecular flexibility index (Phi) is 4.08. The molecule has 0 spiro atoms. The summed E-state index contributed by atoms with van der Waals surface area (Å²) < 4.78 is 5.76. The normalized spacial score (nSPS) is 10.3. The number of hydrogen-bond acceptors (Lipinski definition) is 2. The monoisotopic (exact) mass is 291 g/mol. The summed E-state index contributed by atoms with van der Waals surface area (Å²) in [6, 6.07) is 11.2. The van der Waals surface area contributed by atoms with Gasteiger partial charge in [-0.1, -0.05) is 29.9 Å². The molecule has 2 nitrogen and oxygen atoms in total. The first-order chi connectivity index (χ1) is 8.97. The van der Waals surface area contributed by atoms with E-state index in [1.165, 1.54) is 11.1 Å². The van der Waals surface area contributed by atoms with Crippen molar-refractivity contribution in [2.45, 2.75) is 13.8 Å². The maximum Gasteiger partial charge on any atom is 0.146 e. The quantitative estimate of drug-likeness (QED) is 0.852. The van der Waals surface area contributed by atoms with Crippen molar-refractivity contribution in [1.29, 1.82) is 0 Å². The van der Waals surface area contributed by atoms with E-state index in [0.29, 0.717) is 15.8 Å². The molecule has 0 atom stereocenters. The van der Waals surface area contributed by atoms with Crippen LogP contribution in [0.25, 0.3) is 0 Å². The van der Waals surface area contributed by atoms with Crippen LogP contribution in [0.15, 0.2) is 36.4 Å². The average Bonchev–Trinajstić information content (AvgIpc) is 2.36. The van der Waals surface area contributed by atoms with E-state index >= 15 is 0 Å². The van der Waals surface area contributed by atoms with E-state index in [1.54, 1.807) is 18.2 Å². The standard InChI is InChI=1S/C15H14ClNOS/c1-9-3-5-12(7-10(9)2)18-14-6-4-11(15(17)19)8-13(14)16/h3-8H,1-2H3,(H2,17,19). The molecular formula is C15H14ClNOS. The number of aryl methyl sites for hydroxylation is 2. The molecule has 0 aliphatic heterocycles. The fraction of sp³-hybridized carbons (Fsp3) is 0.133. The summed E-state index contributed by atoms with van der Waals surface area (Å²) >= 11 is 11.1. The zero-order chi connectivity index (χ0) is 14.0. The molecule has 0 radical (unpaired) electrons. The molecule has 19 heavy (non-hydrogen) atoms. The molecule has 2 N–H and O–H groups in total. The third kappa shape index (κ3) is 3.25. The van der Waals surface area contributed by atoms with Gasteiger partial charge in [-0.3, -0.25) is 0 Å². The zero-order valence-corrected chi connectivity index (χ0v) is 12.3. The number of nitrogens with two attached hydrogens (primary N) is 1. The molecule has 0 saturated carbocycles. The van der Waals surface area contributed by atoms with Crippen LogP contribution in [-0.4, -0.2) is 4.99 Å². The minimum absolute atomic E-state index is 0.319. The van der Waals surface area contributed by atoms with E-state index in [4.69, 9.17) is 34.3 Å². The smallest absolute Gasteiger partial charge is 0.146 e. The van der Waals surface area contributed by atoms with Crippen LogP contribution < -0.4 is 10.5 Å². The van der Waals surface area contributed by atoms with E-state index in [-0.39, 0.29) is 0 Å². The molecular weight excluding hydrogens is 278 g/mol. The first kappa shape index (κ1) is 13.8. The van der Waals surface area contributed by atoms with Gasteiger partial charge in [0.25, 0.3) is 0 Å². The lowest BCUT2D eigenvalue weighted by Gasteiger charge is -2.10. The third-order valence-corrected chi connectivity index (χ3v) is 3.45. The first-order valence-electron chi connectivity index (χ1n) is 5.82. The highest BCUT2D eigenvalue weighted by molar-refractivity contribution is 7.80. The molecule has 0 fully saturated rings. The van der Waals surface area contributed by atoms with Crippen LogP contribution in [0.3, 0.4) is 0 Å². The SMILES string of the molecule is Cc1ccc(Oc2ccc(C(N)=S)cc2Cl)cc1C. The van der Waals surface area contributed by atoms with Crippen molar-refractivity contribution in [2.75, 3.05) is 0 Å². The van der Waals surface area contributed by atoms with E-state index in [2.05, 4.69) is 6.92 Å². The molecule has 2 aromatic carbocycles. The van der Waals surface area contributed by atoms with Gasteiger partial charge in [0.2, 0.25) is 0 Å². The van der Waals surface area contributed by atoms with Crippen molar-refractivity contribution in [3.05, 3.63) is 58.1 Å². The van der Waals surface area contributed by atoms with Crippen molar-refractivity contribution in [1.82, 2.24) is 0 Å². The molecule has 0 aliphatic carbocycles. The van der Waals surface area contributed by atoms with E-state index < -0.39 is 0 Å². The number of thiocarbonyl (C=S) groups is 1. The van der Waals surface area contributed by atoms with Gasteiger partial charge in [0.1, 0.15) is 16.5 Å². The molecule has 0 aliphatic rings. The number of benzene rings is 2. The number of halogens is 1. The predicted molar refractivity (Wildman–Crippen MR) is 83.3 cm³/mol. The first-order valence-corrected chi connectivity index (χ1v) is 6.60. The van der Waals surface area contributed by atoms with Gasteiger partial charge in [-0.05, 0) is 55.3 Å². The topological polar surface area (TPSA) is 35.2 Å². The van der Waals surface area contributed by atoms with Crippen molar-refractivity contribution in [3.63, 3.8) is 0 Å². The Morgan fingerprint density at radius 1 is 1.11 bits per heavy atom. The fourth-order valence-electron chi connectivity index (χ4n) is 1.64. The van der Waals surface area contributed by atoms with Crippen molar-refractivity contribution >= 4 is 28.8 Å². The largest absolute Gasteiger partial charge is 0.456 e. The van der Waals surface area contributed by atoms with E-state index in [1.807, 2.05) is 25.1 Å². The Balaban J connectivity index is 2.28. The van der Waals surface area contributed by atoms with Gasteiger partial charge in [-0.2, -0.15) is 0 Å². The molecule has 2 aromatic rings. The molecule has 0 bridgehead atoms. The maximum absolute atomic E-state index is 6.15. The Morgan fingerprint density at radius 3 is 2.42 bits per heavy atom. The zero-order valence-electron chi connectivity index (χ0n) is 10.7. The second kappa shape index (κ2) is 5.59. The summed E-state index contributed by atoms with van der Waals surface area (Å²) in [4.78, 5) is 0.319. The third-order valence-electron chi connectivity index (χ3n) is 2.92. The summed E-state index contributed by atoms with van der Waals surface area (Å²) in [5.41, 5.74) is 8.68. The maximum atomic E-state index is 6.15. The van der Waals surface area contributed by atoms with Crippen LogP contribution in [0.2, 0.25) is 5.02 Å². The minimum atomic E-state index is 0.319. The highest BCUT2D eigenvalue weighted by Crippen LogP contribution is 2.30. The lowest BCUT2D eigenvalue weighted by Crippen LogP contribution is -2.08. The summed E-state index contributed by atoms with van der Waals surface area (Å²) in [5, 5.41) is 0.489. The van der Waals surface area contributed by atoms with Crippen LogP contribution in [0, 0.1) is 13.8 Å². The Bertz CT molecular complexity index is 640. The van der Waals surface area contributed by atoms with Crippen LogP contribution >= 0.6 is 23.8 Å². The molecule has 0 saturated heterocycles. The molecule has 0 aromatic heterocycles. The predicted octanol–water partition coefficient (Wildman–Crippen LogP) is 4.38. The molecule has 98 valence electrons. The molecule has 2 rings (SSSR count). The summed E-state index contributed by atoms with van der Waals surface area (Å²) in [6.07, 6.45) is 0. The number of ether oxygens (including phenoxy) is 1. The Hall–Kier alpha value is -1.58. The second-order valence-electron chi connectivity index (χ2n) is 4.36. The van der Waals surface area contributed by atoms with Gasteiger partial charge in [0.05, 0.1) is 5.02 Å². The van der Waals surface area contributed by atoms with E-state index in [9.17, 15) is 0 Å². The highest BCUT2D eigenvalue weighted by atomic mass is 35.5. The van der Waals surface area contributed by atoms with Crippen LogP contribution in [0.1, 0.15) is 16.7 Å². The molecule has 0 heterocycles. The number of hydrogen-bond donors (Lipinski definition) is 1. The minimum Gasteiger partial charge on any atom is -0.456 e. The molecule has 4 heteroatoms. The lowest BCUT2D eigenvalue weighted by molar-refractivity contribution is 0.482. The summed E-state index contributed by atoms with van der Waals surface area (Å²) in [6.45, 7) is 4.10. The van der Waals surface area contributed by atoms with E-state index in [0.717, 1.165) is 11.3 Å². The van der Waals surface area contributed by atoms with Crippen LogP contribution in [0.4, 0.5) is 0 Å². The lowest BCUT2D eigenvalue weighted by atomic mass is 10.1. The average molecular weight is 292 g/mol. The van der Waals surface area contributed by atoms with Gasteiger partial charge in [0.15, 0.2) is 0 Å². The van der Waals surface area contributed by atoms with Gasteiger partial charge in [-0.15, -0.1) is 0 Å². The van der Waals surface area contributed by atoms with Crippen LogP contribution in [0.5, 0.6) is 11.5 Å².